The summed E-state index contributed by atoms with van der Waals surface area (Å²) in [6.45, 7) is 11.7. The first-order valence-corrected chi connectivity index (χ1v) is 15.2. The summed E-state index contributed by atoms with van der Waals surface area (Å²) in [4.78, 5) is 0. The van der Waals surface area contributed by atoms with Crippen LogP contribution in [-0.2, 0) is 9.47 Å². The van der Waals surface area contributed by atoms with Crippen LogP contribution in [0.25, 0.3) is 0 Å². The molecule has 0 saturated heterocycles. The third-order valence-corrected chi connectivity index (χ3v) is 11.6. The molecule has 0 aromatic heterocycles. The summed E-state index contributed by atoms with van der Waals surface area (Å²) in [7, 11) is 0. The molecule has 0 aliphatic heterocycles. The van der Waals surface area contributed by atoms with Gasteiger partial charge in [-0.3, -0.25) is 0 Å². The zero-order valence-electron chi connectivity index (χ0n) is 23.2. The summed E-state index contributed by atoms with van der Waals surface area (Å²) in [5.41, 5.74) is 18.4. The van der Waals surface area contributed by atoms with Gasteiger partial charge in [0, 0.05) is 13.2 Å². The fourth-order valence-corrected chi connectivity index (χ4v) is 9.75. The highest BCUT2D eigenvalue weighted by Crippen LogP contribution is 2.68. The number of nitrogens with two attached hydrogens (primary N) is 3. The molecule has 4 rings (SSSR count). The second-order valence-electron chi connectivity index (χ2n) is 13.3. The van der Waals surface area contributed by atoms with Crippen LogP contribution in [0.1, 0.15) is 97.8 Å². The van der Waals surface area contributed by atoms with Gasteiger partial charge in [-0.15, -0.1) is 0 Å². The lowest BCUT2D eigenvalue weighted by atomic mass is 9.43. The van der Waals surface area contributed by atoms with Crippen molar-refractivity contribution < 1.29 is 9.47 Å². The van der Waals surface area contributed by atoms with Crippen molar-refractivity contribution in [2.24, 2.45) is 63.5 Å². The summed E-state index contributed by atoms with van der Waals surface area (Å²) in [6, 6.07) is 0. The van der Waals surface area contributed by atoms with Crippen molar-refractivity contribution in [1.29, 1.82) is 0 Å². The van der Waals surface area contributed by atoms with Crippen LogP contribution in [0.2, 0.25) is 0 Å². The Balaban J connectivity index is 1.54. The van der Waals surface area contributed by atoms with Crippen molar-refractivity contribution in [2.45, 2.75) is 110 Å². The van der Waals surface area contributed by atoms with Gasteiger partial charge < -0.3 is 26.7 Å². The zero-order valence-corrected chi connectivity index (χ0v) is 23.2. The van der Waals surface area contributed by atoms with E-state index in [1.54, 1.807) is 0 Å². The molecule has 6 unspecified atom stereocenters. The monoisotopic (exact) mass is 491 g/mol. The van der Waals surface area contributed by atoms with E-state index in [0.29, 0.717) is 34.9 Å². The van der Waals surface area contributed by atoms with Gasteiger partial charge in [-0.05, 0) is 143 Å². The molecule has 6 N–H and O–H groups in total. The highest BCUT2D eigenvalue weighted by molar-refractivity contribution is 5.12. The highest BCUT2D eigenvalue weighted by atomic mass is 16.5. The maximum atomic E-state index is 6.78. The number of ether oxygens (including phenoxy) is 2. The minimum Gasteiger partial charge on any atom is -0.378 e. The minimum absolute atomic E-state index is 0.398. The van der Waals surface area contributed by atoms with E-state index in [1.165, 1.54) is 64.2 Å². The Kier molecular flexibility index (Phi) is 9.63. The predicted molar refractivity (Wildman–Crippen MR) is 145 cm³/mol. The predicted octanol–water partition coefficient (Wildman–Crippen LogP) is 5.10. The molecule has 5 nitrogen and oxygen atoms in total. The van der Waals surface area contributed by atoms with Gasteiger partial charge in [0.25, 0.3) is 0 Å². The summed E-state index contributed by atoms with van der Waals surface area (Å²) < 4.78 is 13.1. The van der Waals surface area contributed by atoms with Gasteiger partial charge in [-0.1, -0.05) is 20.8 Å². The van der Waals surface area contributed by atoms with Gasteiger partial charge in [-0.2, -0.15) is 0 Å². The first-order chi connectivity index (χ1) is 16.9. The highest BCUT2D eigenvalue weighted by Gasteiger charge is 2.63. The Hall–Kier alpha value is -0.200. The average Bonchev–Trinajstić information content (AvgIpc) is 3.20. The maximum Gasteiger partial charge on any atom is 0.0611 e. The second-order valence-corrected chi connectivity index (χ2v) is 13.3. The summed E-state index contributed by atoms with van der Waals surface area (Å²) in [5, 5.41) is 0. The van der Waals surface area contributed by atoms with Gasteiger partial charge in [0.05, 0.1) is 12.2 Å². The Morgan fingerprint density at radius 1 is 0.771 bits per heavy atom. The molecule has 4 fully saturated rings. The van der Waals surface area contributed by atoms with Crippen molar-refractivity contribution >= 4 is 0 Å². The second kappa shape index (κ2) is 12.1. The zero-order chi connectivity index (χ0) is 25.1. The van der Waals surface area contributed by atoms with Crippen LogP contribution in [0.5, 0.6) is 0 Å². The van der Waals surface area contributed by atoms with Crippen molar-refractivity contribution in [3.63, 3.8) is 0 Å². The first-order valence-electron chi connectivity index (χ1n) is 15.2. The molecular formula is C30H57N3O2. The van der Waals surface area contributed by atoms with Gasteiger partial charge in [0.1, 0.15) is 0 Å². The van der Waals surface area contributed by atoms with Crippen molar-refractivity contribution in [3.8, 4) is 0 Å². The van der Waals surface area contributed by atoms with Gasteiger partial charge in [-0.25, -0.2) is 0 Å². The van der Waals surface area contributed by atoms with Crippen LogP contribution in [0.3, 0.4) is 0 Å². The molecule has 35 heavy (non-hydrogen) atoms. The molecule has 4 saturated carbocycles. The molecule has 4 aliphatic rings. The van der Waals surface area contributed by atoms with E-state index < -0.39 is 0 Å². The molecule has 10 atom stereocenters. The maximum absolute atomic E-state index is 6.78. The smallest absolute Gasteiger partial charge is 0.0611 e. The number of hydrogen-bond donors (Lipinski definition) is 3. The molecule has 0 aromatic carbocycles. The lowest BCUT2D eigenvalue weighted by molar-refractivity contribution is -0.191. The molecule has 4 aliphatic carbocycles. The normalized spacial score (nSPS) is 43.9. The van der Waals surface area contributed by atoms with Crippen molar-refractivity contribution in [1.82, 2.24) is 0 Å². The van der Waals surface area contributed by atoms with Crippen LogP contribution >= 0.6 is 0 Å². The molecule has 0 heterocycles. The lowest BCUT2D eigenvalue weighted by Gasteiger charge is -2.63. The van der Waals surface area contributed by atoms with Crippen molar-refractivity contribution in [3.05, 3.63) is 0 Å². The number of rotatable bonds is 12. The third kappa shape index (κ3) is 5.50. The summed E-state index contributed by atoms with van der Waals surface area (Å²) >= 11 is 0. The molecule has 0 amide bonds. The van der Waals surface area contributed by atoms with E-state index in [1.807, 2.05) is 0 Å². The Bertz CT molecular complexity index is 662. The SMILES string of the molecule is C[C@H](CCCN)C1CC[C@H]2C3C(CCC12C)C1(C)CC[C@@H](OCCCN)CC1C[C@H]3OCCCN. The van der Waals surface area contributed by atoms with E-state index >= 15 is 0 Å². The molecule has 0 aromatic rings. The fourth-order valence-electron chi connectivity index (χ4n) is 9.75. The Labute approximate surface area is 216 Å². The topological polar surface area (TPSA) is 96.5 Å². The summed E-state index contributed by atoms with van der Waals surface area (Å²) in [6.07, 6.45) is 15.8. The minimum atomic E-state index is 0.398. The fraction of sp³-hybridized carbons (Fsp3) is 1.00. The largest absolute Gasteiger partial charge is 0.378 e. The standard InChI is InChI=1S/C30H57N3O2/c1-21(7-4-14-31)24-8-9-25-28-26(11-13-30(24,25)3)29(2)12-10-23(34-17-5-15-32)19-22(29)20-27(28)35-18-6-16-33/h21-28H,4-20,31-33H2,1-3H3/t21-,22?,23-,24?,25+,26?,27-,28?,29?,30?/m1/s1. The van der Waals surface area contributed by atoms with E-state index in [4.69, 9.17) is 26.7 Å². The molecule has 5 heteroatoms. The van der Waals surface area contributed by atoms with Crippen LogP contribution < -0.4 is 17.2 Å². The molecular weight excluding hydrogens is 434 g/mol. The number of fused-ring (bicyclic) bond motifs is 5. The van der Waals surface area contributed by atoms with Gasteiger partial charge in [0.2, 0.25) is 0 Å². The van der Waals surface area contributed by atoms with Gasteiger partial charge in [0.15, 0.2) is 0 Å². The van der Waals surface area contributed by atoms with Crippen LogP contribution in [0.15, 0.2) is 0 Å². The third-order valence-electron chi connectivity index (χ3n) is 11.6. The molecule has 0 spiro atoms. The Morgan fingerprint density at radius 3 is 2.14 bits per heavy atom. The first kappa shape index (κ1) is 27.8. The van der Waals surface area contributed by atoms with Gasteiger partial charge >= 0.3 is 0 Å². The van der Waals surface area contributed by atoms with Crippen LogP contribution in [0, 0.1) is 46.3 Å². The molecule has 204 valence electrons. The van der Waals surface area contributed by atoms with E-state index in [0.717, 1.165) is 69.4 Å². The van der Waals surface area contributed by atoms with Crippen LogP contribution in [-0.4, -0.2) is 45.1 Å². The van der Waals surface area contributed by atoms with Crippen LogP contribution in [0.4, 0.5) is 0 Å². The average molecular weight is 492 g/mol. The quantitative estimate of drug-likeness (QED) is 0.330. The van der Waals surface area contributed by atoms with E-state index in [-0.39, 0.29) is 0 Å². The summed E-state index contributed by atoms with van der Waals surface area (Å²) in [5.74, 6) is 4.68. The Morgan fingerprint density at radius 2 is 1.43 bits per heavy atom. The number of hydrogen-bond acceptors (Lipinski definition) is 5. The molecule has 0 bridgehead atoms. The lowest BCUT2D eigenvalue weighted by Crippen LogP contribution is -2.59. The van der Waals surface area contributed by atoms with E-state index in [2.05, 4.69) is 20.8 Å². The van der Waals surface area contributed by atoms with Crippen molar-refractivity contribution in [2.75, 3.05) is 32.8 Å². The molecule has 0 radical (unpaired) electrons. The van der Waals surface area contributed by atoms with E-state index in [9.17, 15) is 0 Å².